The van der Waals surface area contributed by atoms with Crippen LogP contribution in [0.25, 0.3) is 0 Å². The number of hydrogen-bond donors (Lipinski definition) is 1. The van der Waals surface area contributed by atoms with Crippen molar-refractivity contribution < 1.29 is 9.59 Å². The molecule has 21 heavy (non-hydrogen) atoms. The van der Waals surface area contributed by atoms with Gasteiger partial charge in [-0.2, -0.15) is 0 Å². The third kappa shape index (κ3) is 2.65. The highest BCUT2D eigenvalue weighted by Crippen LogP contribution is 2.23. The molecule has 2 amide bonds. The number of aromatic nitrogens is 2. The van der Waals surface area contributed by atoms with Crippen LogP contribution >= 0.6 is 11.5 Å². The van der Waals surface area contributed by atoms with Gasteiger partial charge in [0.05, 0.1) is 5.69 Å². The fraction of sp³-hybridized carbons (Fsp3) is 0.692. The van der Waals surface area contributed by atoms with Gasteiger partial charge in [0.2, 0.25) is 5.91 Å². The maximum Gasteiger partial charge on any atom is 0.267 e. The number of carbonyl (C=O) groups excluding carboxylic acids is 2. The normalized spacial score (nSPS) is 23.1. The molecular weight excluding hydrogens is 290 g/mol. The van der Waals surface area contributed by atoms with Gasteiger partial charge >= 0.3 is 0 Å². The molecule has 7 nitrogen and oxygen atoms in total. The Morgan fingerprint density at radius 2 is 2.19 bits per heavy atom. The van der Waals surface area contributed by atoms with Crippen LogP contribution in [0.5, 0.6) is 0 Å². The summed E-state index contributed by atoms with van der Waals surface area (Å²) in [5, 5.41) is 6.92. The Bertz CT molecular complexity index is 559. The molecular formula is C13H19N5O2S. The van der Waals surface area contributed by atoms with Crippen molar-refractivity contribution in [1.29, 1.82) is 0 Å². The van der Waals surface area contributed by atoms with Crippen LogP contribution in [0.2, 0.25) is 0 Å². The van der Waals surface area contributed by atoms with Crippen LogP contribution in [-0.2, 0) is 4.79 Å². The quantitative estimate of drug-likeness (QED) is 0.826. The second-order valence-electron chi connectivity index (χ2n) is 5.74. The molecule has 2 aliphatic rings. The molecule has 1 aromatic rings. The van der Waals surface area contributed by atoms with Gasteiger partial charge in [-0.15, -0.1) is 5.10 Å². The maximum absolute atomic E-state index is 12.7. The Morgan fingerprint density at radius 1 is 1.38 bits per heavy atom. The van der Waals surface area contributed by atoms with E-state index in [0.717, 1.165) is 30.3 Å². The molecule has 0 radical (unpaired) electrons. The average molecular weight is 309 g/mol. The van der Waals surface area contributed by atoms with Crippen molar-refractivity contribution >= 4 is 23.3 Å². The number of piperazine rings is 2. The monoisotopic (exact) mass is 309 g/mol. The van der Waals surface area contributed by atoms with Crippen molar-refractivity contribution in [3.8, 4) is 0 Å². The summed E-state index contributed by atoms with van der Waals surface area (Å²) in [5.41, 5.74) is 0.750. The van der Waals surface area contributed by atoms with Crippen LogP contribution in [0.3, 0.4) is 0 Å². The molecule has 0 bridgehead atoms. The lowest BCUT2D eigenvalue weighted by Gasteiger charge is -2.42. The third-order valence-corrected chi connectivity index (χ3v) is 4.76. The summed E-state index contributed by atoms with van der Waals surface area (Å²) in [6, 6.07) is -0.222. The number of carbonyl (C=O) groups is 2. The Morgan fingerprint density at radius 3 is 2.95 bits per heavy atom. The molecule has 1 aromatic heterocycles. The topological polar surface area (TPSA) is 78.4 Å². The summed E-state index contributed by atoms with van der Waals surface area (Å²) in [6.45, 7) is 7.39. The van der Waals surface area contributed by atoms with E-state index in [1.807, 2.05) is 13.8 Å². The molecule has 1 N–H and O–H groups in total. The number of nitrogens with zero attached hydrogens (tertiary/aromatic N) is 4. The van der Waals surface area contributed by atoms with E-state index in [0.29, 0.717) is 24.5 Å². The molecule has 114 valence electrons. The number of amides is 2. The van der Waals surface area contributed by atoms with Crippen LogP contribution in [0, 0.1) is 0 Å². The summed E-state index contributed by atoms with van der Waals surface area (Å²) in [6.07, 6.45) is 0. The van der Waals surface area contributed by atoms with Crippen LogP contribution in [0.4, 0.5) is 0 Å². The van der Waals surface area contributed by atoms with E-state index in [9.17, 15) is 9.59 Å². The highest BCUT2D eigenvalue weighted by atomic mass is 32.1. The second-order valence-corrected chi connectivity index (χ2v) is 6.49. The lowest BCUT2D eigenvalue weighted by atomic mass is 10.1. The van der Waals surface area contributed by atoms with E-state index >= 15 is 0 Å². The predicted molar refractivity (Wildman–Crippen MR) is 78.3 cm³/mol. The van der Waals surface area contributed by atoms with Crippen LogP contribution in [0.15, 0.2) is 0 Å². The Kier molecular flexibility index (Phi) is 3.90. The summed E-state index contributed by atoms with van der Waals surface area (Å²) < 4.78 is 3.91. The molecule has 8 heteroatoms. The SMILES string of the molecule is CC(C)c1nnsc1C(=O)N1CCN2CCNC(=O)[C@H]2C1. The standard InChI is InChI=1S/C13H19N5O2S/c1-8(2)10-11(21-16-15-10)13(20)18-6-5-17-4-3-14-12(19)9(17)7-18/h8-9H,3-7H2,1-2H3,(H,14,19)/t9-/m1/s1. The first-order valence-corrected chi connectivity index (χ1v) is 7.98. The van der Waals surface area contributed by atoms with Gasteiger partial charge in [-0.1, -0.05) is 18.3 Å². The number of hydrogen-bond acceptors (Lipinski definition) is 6. The van der Waals surface area contributed by atoms with Crippen molar-refractivity contribution in [2.75, 3.05) is 32.7 Å². The number of fused-ring (bicyclic) bond motifs is 1. The minimum atomic E-state index is -0.222. The maximum atomic E-state index is 12.7. The smallest absolute Gasteiger partial charge is 0.267 e. The van der Waals surface area contributed by atoms with Crippen LogP contribution in [-0.4, -0.2) is 70.0 Å². The van der Waals surface area contributed by atoms with Crippen molar-refractivity contribution in [3.05, 3.63) is 10.6 Å². The van der Waals surface area contributed by atoms with Gasteiger partial charge in [0.25, 0.3) is 5.91 Å². The fourth-order valence-corrected chi connectivity index (χ4v) is 3.62. The molecule has 2 aliphatic heterocycles. The van der Waals surface area contributed by atoms with Crippen LogP contribution in [0.1, 0.15) is 35.1 Å². The zero-order valence-electron chi connectivity index (χ0n) is 12.2. The first-order chi connectivity index (χ1) is 10.1. The molecule has 0 unspecified atom stereocenters. The lowest BCUT2D eigenvalue weighted by molar-refractivity contribution is -0.131. The molecule has 0 aliphatic carbocycles. The van der Waals surface area contributed by atoms with E-state index in [4.69, 9.17) is 0 Å². The van der Waals surface area contributed by atoms with E-state index in [2.05, 4.69) is 19.8 Å². The van der Waals surface area contributed by atoms with Crippen molar-refractivity contribution in [1.82, 2.24) is 24.7 Å². The summed E-state index contributed by atoms with van der Waals surface area (Å²) >= 11 is 1.14. The minimum Gasteiger partial charge on any atom is -0.353 e. The first-order valence-electron chi connectivity index (χ1n) is 7.21. The molecule has 3 rings (SSSR count). The van der Waals surface area contributed by atoms with E-state index in [1.165, 1.54) is 0 Å². The van der Waals surface area contributed by atoms with Gasteiger partial charge in [0.15, 0.2) is 0 Å². The fourth-order valence-electron chi connectivity index (χ4n) is 2.83. The lowest BCUT2D eigenvalue weighted by Crippen LogP contribution is -2.64. The van der Waals surface area contributed by atoms with E-state index < -0.39 is 0 Å². The molecule has 1 atom stereocenters. The van der Waals surface area contributed by atoms with Gasteiger partial charge in [-0.05, 0) is 17.5 Å². The summed E-state index contributed by atoms with van der Waals surface area (Å²) in [7, 11) is 0. The Balaban J connectivity index is 1.76. The van der Waals surface area contributed by atoms with Crippen molar-refractivity contribution in [3.63, 3.8) is 0 Å². The van der Waals surface area contributed by atoms with Crippen molar-refractivity contribution in [2.24, 2.45) is 0 Å². The molecule has 0 aromatic carbocycles. The molecule has 0 spiro atoms. The van der Waals surface area contributed by atoms with Gasteiger partial charge in [0.1, 0.15) is 10.9 Å². The highest BCUT2D eigenvalue weighted by Gasteiger charge is 2.37. The summed E-state index contributed by atoms with van der Waals surface area (Å²) in [5.74, 6) is 0.138. The number of rotatable bonds is 2. The zero-order valence-corrected chi connectivity index (χ0v) is 13.0. The highest BCUT2D eigenvalue weighted by molar-refractivity contribution is 7.08. The molecule has 2 fully saturated rings. The van der Waals surface area contributed by atoms with Gasteiger partial charge in [0, 0.05) is 32.7 Å². The van der Waals surface area contributed by atoms with E-state index in [1.54, 1.807) is 4.90 Å². The molecule has 2 saturated heterocycles. The summed E-state index contributed by atoms with van der Waals surface area (Å²) in [4.78, 5) is 29.1. The second kappa shape index (κ2) is 5.69. The zero-order chi connectivity index (χ0) is 15.0. The van der Waals surface area contributed by atoms with Gasteiger partial charge < -0.3 is 10.2 Å². The molecule has 0 saturated carbocycles. The minimum absolute atomic E-state index is 0.0188. The van der Waals surface area contributed by atoms with Gasteiger partial charge in [-0.3, -0.25) is 14.5 Å². The third-order valence-electron chi connectivity index (χ3n) is 4.03. The van der Waals surface area contributed by atoms with Crippen molar-refractivity contribution in [2.45, 2.75) is 25.8 Å². The Hall–Kier alpha value is -1.54. The first kappa shape index (κ1) is 14.4. The number of nitrogens with one attached hydrogen (secondary N) is 1. The Labute approximate surface area is 127 Å². The molecule has 3 heterocycles. The van der Waals surface area contributed by atoms with Crippen LogP contribution < -0.4 is 5.32 Å². The predicted octanol–water partition coefficient (Wildman–Crippen LogP) is -0.0823. The van der Waals surface area contributed by atoms with E-state index in [-0.39, 0.29) is 23.8 Å². The van der Waals surface area contributed by atoms with Gasteiger partial charge in [-0.25, -0.2) is 0 Å². The largest absolute Gasteiger partial charge is 0.353 e. The average Bonchev–Trinajstić information content (AvgIpc) is 2.96.